The average molecular weight is 222 g/mol. The van der Waals surface area contributed by atoms with Gasteiger partial charge in [0.25, 0.3) is 0 Å². The summed E-state index contributed by atoms with van der Waals surface area (Å²) in [6.07, 6.45) is 4.54. The van der Waals surface area contributed by atoms with E-state index in [0.717, 1.165) is 6.54 Å². The molecule has 0 aromatic carbocycles. The predicted octanol–water partition coefficient (Wildman–Crippen LogP) is 2.27. The fourth-order valence-electron chi connectivity index (χ4n) is 1.23. The molecule has 1 aromatic heterocycles. The standard InChI is InChI=1S/C12H18N2O2/c1-5-10(4)16-12(15)11-6-13-14(8-11)7-9(2)3/h5-6,8-10H,1,7H2,2-4H3/t10-/m0/s1. The van der Waals surface area contributed by atoms with E-state index in [2.05, 4.69) is 25.5 Å². The molecule has 0 spiro atoms. The van der Waals surface area contributed by atoms with E-state index < -0.39 is 0 Å². The Bertz CT molecular complexity index is 369. The van der Waals surface area contributed by atoms with Crippen LogP contribution < -0.4 is 0 Å². The second-order valence-corrected chi connectivity index (χ2v) is 4.19. The van der Waals surface area contributed by atoms with Crippen LogP contribution in [-0.2, 0) is 11.3 Å². The van der Waals surface area contributed by atoms with Crippen molar-refractivity contribution in [3.05, 3.63) is 30.6 Å². The summed E-state index contributed by atoms with van der Waals surface area (Å²) >= 11 is 0. The third kappa shape index (κ3) is 3.53. The summed E-state index contributed by atoms with van der Waals surface area (Å²) in [5.41, 5.74) is 0.481. The zero-order valence-electron chi connectivity index (χ0n) is 10.0. The van der Waals surface area contributed by atoms with Crippen LogP contribution in [0.1, 0.15) is 31.1 Å². The summed E-state index contributed by atoms with van der Waals surface area (Å²) in [6, 6.07) is 0. The molecule has 0 saturated carbocycles. The minimum atomic E-state index is -0.359. The maximum absolute atomic E-state index is 11.6. The van der Waals surface area contributed by atoms with Gasteiger partial charge in [-0.05, 0) is 12.8 Å². The second kappa shape index (κ2) is 5.49. The summed E-state index contributed by atoms with van der Waals surface area (Å²) in [5, 5.41) is 4.10. The molecule has 16 heavy (non-hydrogen) atoms. The monoisotopic (exact) mass is 222 g/mol. The Kier molecular flexibility index (Phi) is 4.28. The number of hydrogen-bond acceptors (Lipinski definition) is 3. The Morgan fingerprint density at radius 1 is 1.62 bits per heavy atom. The lowest BCUT2D eigenvalue weighted by atomic mass is 10.2. The van der Waals surface area contributed by atoms with Crippen LogP contribution >= 0.6 is 0 Å². The summed E-state index contributed by atoms with van der Waals surface area (Å²) in [5.74, 6) is 0.137. The van der Waals surface area contributed by atoms with Crippen LogP contribution in [0.25, 0.3) is 0 Å². The van der Waals surface area contributed by atoms with Gasteiger partial charge in [0, 0.05) is 12.7 Å². The number of nitrogens with zero attached hydrogens (tertiary/aromatic N) is 2. The zero-order valence-corrected chi connectivity index (χ0v) is 10.0. The third-order valence-corrected chi connectivity index (χ3v) is 2.05. The van der Waals surface area contributed by atoms with Crippen LogP contribution in [0.5, 0.6) is 0 Å². The highest BCUT2D eigenvalue weighted by molar-refractivity contribution is 5.88. The highest BCUT2D eigenvalue weighted by atomic mass is 16.5. The molecule has 0 bridgehead atoms. The highest BCUT2D eigenvalue weighted by Gasteiger charge is 2.12. The van der Waals surface area contributed by atoms with Gasteiger partial charge < -0.3 is 4.74 Å². The van der Waals surface area contributed by atoms with E-state index in [0.29, 0.717) is 11.5 Å². The molecule has 1 aromatic rings. The maximum Gasteiger partial charge on any atom is 0.341 e. The van der Waals surface area contributed by atoms with Crippen molar-refractivity contribution in [3.63, 3.8) is 0 Å². The summed E-state index contributed by atoms with van der Waals surface area (Å²) in [7, 11) is 0. The Morgan fingerprint density at radius 3 is 2.88 bits per heavy atom. The quantitative estimate of drug-likeness (QED) is 0.567. The molecular weight excluding hydrogens is 204 g/mol. The molecule has 1 heterocycles. The Hall–Kier alpha value is -1.58. The van der Waals surface area contributed by atoms with Gasteiger partial charge in [0.1, 0.15) is 6.10 Å². The summed E-state index contributed by atoms with van der Waals surface area (Å²) < 4.78 is 6.84. The summed E-state index contributed by atoms with van der Waals surface area (Å²) in [4.78, 5) is 11.6. The molecule has 4 nitrogen and oxygen atoms in total. The van der Waals surface area contributed by atoms with Crippen molar-refractivity contribution < 1.29 is 9.53 Å². The Balaban J connectivity index is 2.63. The molecular formula is C12H18N2O2. The molecule has 4 heteroatoms. The van der Waals surface area contributed by atoms with E-state index in [1.165, 1.54) is 6.20 Å². The van der Waals surface area contributed by atoms with Crippen LogP contribution in [0, 0.1) is 5.92 Å². The van der Waals surface area contributed by atoms with Crippen molar-refractivity contribution in [3.8, 4) is 0 Å². The SMILES string of the molecule is C=C[C@H](C)OC(=O)c1cnn(CC(C)C)c1. The molecule has 0 saturated heterocycles. The van der Waals surface area contributed by atoms with Gasteiger partial charge in [0.15, 0.2) is 0 Å². The van der Waals surface area contributed by atoms with Crippen molar-refractivity contribution in [2.75, 3.05) is 0 Å². The largest absolute Gasteiger partial charge is 0.455 e. The van der Waals surface area contributed by atoms with Gasteiger partial charge in [0.05, 0.1) is 11.8 Å². The van der Waals surface area contributed by atoms with E-state index in [4.69, 9.17) is 4.74 Å². The van der Waals surface area contributed by atoms with Gasteiger partial charge in [-0.2, -0.15) is 5.10 Å². The fraction of sp³-hybridized carbons (Fsp3) is 0.500. The van der Waals surface area contributed by atoms with Crippen LogP contribution in [0.4, 0.5) is 0 Å². The molecule has 0 aliphatic rings. The van der Waals surface area contributed by atoms with Gasteiger partial charge >= 0.3 is 5.97 Å². The van der Waals surface area contributed by atoms with Crippen molar-refractivity contribution in [2.24, 2.45) is 5.92 Å². The molecule has 1 rings (SSSR count). The lowest BCUT2D eigenvalue weighted by Gasteiger charge is -2.06. The molecule has 0 unspecified atom stereocenters. The smallest absolute Gasteiger partial charge is 0.341 e. The van der Waals surface area contributed by atoms with Gasteiger partial charge in [-0.1, -0.05) is 26.5 Å². The van der Waals surface area contributed by atoms with Crippen LogP contribution in [0.15, 0.2) is 25.0 Å². The van der Waals surface area contributed by atoms with Gasteiger partial charge in [-0.3, -0.25) is 4.68 Å². The van der Waals surface area contributed by atoms with Gasteiger partial charge in [-0.25, -0.2) is 4.79 Å². The predicted molar refractivity (Wildman–Crippen MR) is 62.1 cm³/mol. The van der Waals surface area contributed by atoms with E-state index >= 15 is 0 Å². The molecule has 0 radical (unpaired) electrons. The topological polar surface area (TPSA) is 44.1 Å². The minimum absolute atomic E-state index is 0.277. The Labute approximate surface area is 95.9 Å². The van der Waals surface area contributed by atoms with Gasteiger partial charge in [-0.15, -0.1) is 0 Å². The molecule has 0 N–H and O–H groups in total. The highest BCUT2D eigenvalue weighted by Crippen LogP contribution is 2.05. The first-order valence-corrected chi connectivity index (χ1v) is 5.39. The molecule has 0 aliphatic carbocycles. The van der Waals surface area contributed by atoms with Crippen LogP contribution in [0.3, 0.4) is 0 Å². The number of carbonyl (C=O) groups excluding carboxylic acids is 1. The lowest BCUT2D eigenvalue weighted by Crippen LogP contribution is -2.12. The second-order valence-electron chi connectivity index (χ2n) is 4.19. The maximum atomic E-state index is 11.6. The molecule has 0 aliphatic heterocycles. The van der Waals surface area contributed by atoms with Crippen molar-refractivity contribution >= 4 is 5.97 Å². The number of aromatic nitrogens is 2. The number of rotatable bonds is 5. The Morgan fingerprint density at radius 2 is 2.31 bits per heavy atom. The van der Waals surface area contributed by atoms with Gasteiger partial charge in [0.2, 0.25) is 0 Å². The number of hydrogen-bond donors (Lipinski definition) is 0. The molecule has 88 valence electrons. The van der Waals surface area contributed by atoms with Crippen molar-refractivity contribution in [1.29, 1.82) is 0 Å². The van der Waals surface area contributed by atoms with Crippen molar-refractivity contribution in [2.45, 2.75) is 33.4 Å². The average Bonchev–Trinajstić information content (AvgIpc) is 2.65. The first kappa shape index (κ1) is 12.5. The molecule has 0 fully saturated rings. The normalized spacial score (nSPS) is 12.5. The number of carbonyl (C=O) groups is 1. The first-order chi connectivity index (χ1) is 7.52. The number of ether oxygens (including phenoxy) is 1. The zero-order chi connectivity index (χ0) is 12.1. The van der Waals surface area contributed by atoms with Crippen LogP contribution in [-0.4, -0.2) is 21.9 Å². The first-order valence-electron chi connectivity index (χ1n) is 5.39. The van der Waals surface area contributed by atoms with E-state index in [1.807, 2.05) is 0 Å². The van der Waals surface area contributed by atoms with Crippen molar-refractivity contribution in [1.82, 2.24) is 9.78 Å². The number of esters is 1. The summed E-state index contributed by atoms with van der Waals surface area (Å²) in [6.45, 7) is 10.3. The third-order valence-electron chi connectivity index (χ3n) is 2.05. The fourth-order valence-corrected chi connectivity index (χ4v) is 1.23. The lowest BCUT2D eigenvalue weighted by molar-refractivity contribution is 0.0425. The van der Waals surface area contributed by atoms with E-state index in [9.17, 15) is 4.79 Å². The molecule has 1 atom stereocenters. The van der Waals surface area contributed by atoms with Crippen LogP contribution in [0.2, 0.25) is 0 Å². The van der Waals surface area contributed by atoms with E-state index in [1.54, 1.807) is 23.9 Å². The minimum Gasteiger partial charge on any atom is -0.455 e. The molecule has 0 amide bonds. The van der Waals surface area contributed by atoms with E-state index in [-0.39, 0.29) is 12.1 Å².